The monoisotopic (exact) mass is 560 g/mol. The fourth-order valence-corrected chi connectivity index (χ4v) is 11.5. The van der Waals surface area contributed by atoms with Crippen LogP contribution in [-0.2, 0) is 19.5 Å². The van der Waals surface area contributed by atoms with Crippen LogP contribution in [0.5, 0.6) is 0 Å². The molecule has 0 radical (unpaired) electrons. The molecule has 0 saturated heterocycles. The number of halogens is 4. The summed E-state index contributed by atoms with van der Waals surface area (Å²) in [6, 6.07) is 0. The topological polar surface area (TPSA) is 0 Å². The van der Waals surface area contributed by atoms with Crippen molar-refractivity contribution in [2.75, 3.05) is 12.6 Å². The van der Waals surface area contributed by atoms with Crippen molar-refractivity contribution in [3.8, 4) is 0 Å². The first kappa shape index (κ1) is 35.3. The summed E-state index contributed by atoms with van der Waals surface area (Å²) in [7, 11) is -5.78. The van der Waals surface area contributed by atoms with E-state index in [0.717, 1.165) is 0 Å². The van der Waals surface area contributed by atoms with Crippen molar-refractivity contribution in [1.29, 1.82) is 0 Å². The smallest absolute Gasteiger partial charge is 0.418 e. The number of allylic oxidation sites excluding steroid dienone is 4. The maximum atomic E-state index is 9.75. The molecular formula is C22H44BF4P2Rh. The van der Waals surface area contributed by atoms with Gasteiger partial charge in [0.25, 0.3) is 0 Å². The predicted octanol–water partition coefficient (Wildman–Crippen LogP) is 9.90. The van der Waals surface area contributed by atoms with Crippen LogP contribution in [0.15, 0.2) is 24.3 Å². The Morgan fingerprint density at radius 2 is 0.867 bits per heavy atom. The molecule has 0 fully saturated rings. The Balaban J connectivity index is -0.000000431. The first-order chi connectivity index (χ1) is 12.8. The molecule has 0 saturated carbocycles. The van der Waals surface area contributed by atoms with E-state index in [1.165, 1.54) is 31.6 Å². The van der Waals surface area contributed by atoms with E-state index in [2.05, 4.69) is 93.3 Å². The van der Waals surface area contributed by atoms with Crippen LogP contribution in [-0.4, -0.2) is 35.3 Å². The molecule has 0 nitrogen and oxygen atoms in total. The Labute approximate surface area is 199 Å². The second kappa shape index (κ2) is 15.6. The summed E-state index contributed by atoms with van der Waals surface area (Å²) in [6.07, 6.45) is 14.0. The summed E-state index contributed by atoms with van der Waals surface area (Å²) in [5, 5.41) is 1.47. The van der Waals surface area contributed by atoms with E-state index < -0.39 is 7.25 Å². The Morgan fingerprint density at radius 1 is 0.633 bits per heavy atom. The van der Waals surface area contributed by atoms with Gasteiger partial charge in [-0.05, 0) is 53.7 Å². The molecular weight excluding hydrogens is 516 g/mol. The zero-order valence-corrected chi connectivity index (χ0v) is 24.1. The molecule has 0 unspecified atom stereocenters. The Kier molecular flexibility index (Phi) is 18.3. The van der Waals surface area contributed by atoms with Crippen molar-refractivity contribution >= 4 is 23.1 Å². The van der Waals surface area contributed by atoms with Gasteiger partial charge in [0.1, 0.15) is 0 Å². The Bertz CT molecular complexity index is 441. The van der Waals surface area contributed by atoms with Gasteiger partial charge in [-0.15, -0.1) is 0 Å². The van der Waals surface area contributed by atoms with Crippen molar-refractivity contribution in [3.05, 3.63) is 24.3 Å². The fraction of sp³-hybridized carbons (Fsp3) is 0.818. The van der Waals surface area contributed by atoms with Crippen LogP contribution in [0, 0.1) is 0 Å². The second-order valence-electron chi connectivity index (χ2n) is 10.4. The summed E-state index contributed by atoms with van der Waals surface area (Å²) >= 11 is 0. The molecule has 0 aromatic carbocycles. The van der Waals surface area contributed by atoms with E-state index in [9.17, 15) is 17.3 Å². The SMILES string of the molecule is C1=C\CC/C=C\CC/1.C[P@](CP(C(C)(C)C)C(C)(C)C)C(C)(C)C.F[B-](F)(F)F.[Rh+]. The summed E-state index contributed by atoms with van der Waals surface area (Å²) in [5.41, 5.74) is 0. The van der Waals surface area contributed by atoms with Crippen LogP contribution in [0.3, 0.4) is 0 Å². The van der Waals surface area contributed by atoms with Crippen LogP contribution in [0.1, 0.15) is 88.0 Å². The molecule has 182 valence electrons. The van der Waals surface area contributed by atoms with Crippen molar-refractivity contribution in [3.63, 3.8) is 0 Å². The second-order valence-corrected chi connectivity index (χ2v) is 17.8. The van der Waals surface area contributed by atoms with Gasteiger partial charge in [-0.2, -0.15) is 0 Å². The largest absolute Gasteiger partial charge is 1.00 e. The molecule has 0 aliphatic heterocycles. The molecule has 0 aromatic heterocycles. The zero-order chi connectivity index (χ0) is 23.5. The maximum absolute atomic E-state index is 9.75. The van der Waals surface area contributed by atoms with Gasteiger partial charge in [-0.1, -0.05) is 102 Å². The minimum Gasteiger partial charge on any atom is -0.418 e. The molecule has 8 heteroatoms. The molecule has 1 rings (SSSR count). The third-order valence-corrected chi connectivity index (χ3v) is 12.8. The van der Waals surface area contributed by atoms with Crippen LogP contribution >= 0.6 is 15.8 Å². The summed E-state index contributed by atoms with van der Waals surface area (Å²) in [6.45, 7) is 24.2. The molecule has 0 aromatic rings. The molecule has 0 N–H and O–H groups in total. The van der Waals surface area contributed by atoms with Gasteiger partial charge >= 0.3 is 26.7 Å². The van der Waals surface area contributed by atoms with Crippen LogP contribution in [0.25, 0.3) is 0 Å². The maximum Gasteiger partial charge on any atom is 1.00 e. The van der Waals surface area contributed by atoms with E-state index in [4.69, 9.17) is 0 Å². The molecule has 1 atom stereocenters. The first-order valence-corrected chi connectivity index (χ1v) is 13.9. The van der Waals surface area contributed by atoms with E-state index in [-0.39, 0.29) is 35.3 Å². The summed E-state index contributed by atoms with van der Waals surface area (Å²) in [4.78, 5) is 0. The van der Waals surface area contributed by atoms with Crippen LogP contribution in [0.4, 0.5) is 17.3 Å². The van der Waals surface area contributed by atoms with Gasteiger partial charge < -0.3 is 17.3 Å². The Morgan fingerprint density at radius 3 is 1.03 bits per heavy atom. The number of hydrogen-bond acceptors (Lipinski definition) is 0. The van der Waals surface area contributed by atoms with Gasteiger partial charge in [-0.3, -0.25) is 0 Å². The normalized spacial score (nSPS) is 18.4. The average molecular weight is 560 g/mol. The molecule has 0 bridgehead atoms. The van der Waals surface area contributed by atoms with Crippen molar-refractivity contribution in [2.24, 2.45) is 0 Å². The average Bonchev–Trinajstić information content (AvgIpc) is 2.38. The number of hydrogen-bond donors (Lipinski definition) is 0. The standard InChI is InChI=1S/C14H32P2.C8H12.BF4.Rh/c1-12(2,3)15(10)11-16(13(4,5)6)14(7,8)9;1-2-4-6-8-7-5-3-1;2-1(3,4)5;/h11H2,1-10H3;1-2,7-8H,3-6H2;;/q;;-1;+1/b;2-1-,8-7-;;/t15-;;;/m1.../s1. The first-order valence-electron chi connectivity index (χ1n) is 10.4. The minimum atomic E-state index is -6.00. The van der Waals surface area contributed by atoms with Gasteiger partial charge in [0.2, 0.25) is 0 Å². The fourth-order valence-electron chi connectivity index (χ4n) is 2.71. The molecule has 1 aliphatic rings. The quantitative estimate of drug-likeness (QED) is 0.137. The van der Waals surface area contributed by atoms with Crippen molar-refractivity contribution in [1.82, 2.24) is 0 Å². The van der Waals surface area contributed by atoms with Crippen molar-refractivity contribution in [2.45, 2.75) is 103 Å². The van der Waals surface area contributed by atoms with Gasteiger partial charge in [0.15, 0.2) is 0 Å². The summed E-state index contributed by atoms with van der Waals surface area (Å²) < 4.78 is 39.0. The third-order valence-electron chi connectivity index (χ3n) is 4.45. The third kappa shape index (κ3) is 23.4. The molecule has 0 heterocycles. The molecule has 1 aliphatic carbocycles. The van der Waals surface area contributed by atoms with Crippen LogP contribution in [0.2, 0.25) is 0 Å². The van der Waals surface area contributed by atoms with Gasteiger partial charge in [0, 0.05) is 0 Å². The van der Waals surface area contributed by atoms with E-state index in [1.807, 2.05) is 0 Å². The van der Waals surface area contributed by atoms with E-state index in [0.29, 0.717) is 15.5 Å². The predicted molar refractivity (Wildman–Crippen MR) is 131 cm³/mol. The number of rotatable bonds is 2. The minimum absolute atomic E-state index is 0. The molecule has 0 amide bonds. The van der Waals surface area contributed by atoms with Crippen LogP contribution < -0.4 is 0 Å². The van der Waals surface area contributed by atoms with Gasteiger partial charge in [0.05, 0.1) is 0 Å². The molecule has 0 spiro atoms. The summed E-state index contributed by atoms with van der Waals surface area (Å²) in [5.74, 6) is 1.46. The molecule has 30 heavy (non-hydrogen) atoms. The zero-order valence-electron chi connectivity index (χ0n) is 20.7. The van der Waals surface area contributed by atoms with Gasteiger partial charge in [-0.25, -0.2) is 0 Å². The van der Waals surface area contributed by atoms with E-state index in [1.54, 1.807) is 0 Å². The van der Waals surface area contributed by atoms with E-state index >= 15 is 0 Å². The Hall–Kier alpha value is 0.748. The van der Waals surface area contributed by atoms with Crippen molar-refractivity contribution < 1.29 is 36.7 Å².